The quantitative estimate of drug-likeness (QED) is 0.439. The van der Waals surface area contributed by atoms with Crippen LogP contribution >= 0.6 is 0 Å². The summed E-state index contributed by atoms with van der Waals surface area (Å²) in [6.45, 7) is -0.152. The molecule has 0 radical (unpaired) electrons. The predicted octanol–water partition coefficient (Wildman–Crippen LogP) is -1.68. The summed E-state index contributed by atoms with van der Waals surface area (Å²) in [4.78, 5) is 20.5. The highest BCUT2D eigenvalue weighted by atomic mass is 16.4. The van der Waals surface area contributed by atoms with E-state index in [9.17, 15) is 9.59 Å². The fourth-order valence-electron chi connectivity index (χ4n) is 0.416. The number of carbonyl (C=O) groups is 2. The van der Waals surface area contributed by atoms with Crippen LogP contribution in [0, 0.1) is 0 Å². The first-order valence-corrected chi connectivity index (χ1v) is 2.78. The molecular weight excluding hydrogens is 136 g/mol. The van der Waals surface area contributed by atoms with Gasteiger partial charge in [0.25, 0.3) is 0 Å². The van der Waals surface area contributed by atoms with E-state index >= 15 is 0 Å². The largest absolute Gasteiger partial charge is 0.480 e. The van der Waals surface area contributed by atoms with E-state index in [4.69, 9.17) is 16.6 Å². The Morgan fingerprint density at radius 2 is 2.00 bits per heavy atom. The maximum absolute atomic E-state index is 10.5. The van der Waals surface area contributed by atoms with E-state index in [0.717, 1.165) is 0 Å². The van der Waals surface area contributed by atoms with Gasteiger partial charge < -0.3 is 16.6 Å². The lowest BCUT2D eigenvalue weighted by molar-refractivity contribution is -0.140. The average molecular weight is 146 g/mol. The number of hydrogen-bond donors (Lipinski definition) is 3. The number of rotatable bonds is 4. The fraction of sp³-hybridized carbons (Fsp3) is 0.600. The van der Waals surface area contributed by atoms with E-state index in [1.54, 1.807) is 0 Å². The summed E-state index contributed by atoms with van der Waals surface area (Å²) >= 11 is 0. The Hall–Kier alpha value is -0.940. The summed E-state index contributed by atoms with van der Waals surface area (Å²) < 4.78 is 0. The van der Waals surface area contributed by atoms with Crippen molar-refractivity contribution in [2.24, 2.45) is 11.5 Å². The van der Waals surface area contributed by atoms with Gasteiger partial charge in [-0.05, 0) is 0 Å². The first-order valence-electron chi connectivity index (χ1n) is 2.78. The second-order valence-corrected chi connectivity index (χ2v) is 1.89. The fourth-order valence-corrected chi connectivity index (χ4v) is 0.416. The Bertz CT molecular complexity index is 146. The number of nitrogens with two attached hydrogens (primary N) is 2. The summed E-state index contributed by atoms with van der Waals surface area (Å²) in [5.41, 5.74) is 9.94. The van der Waals surface area contributed by atoms with E-state index in [1.807, 2.05) is 0 Å². The van der Waals surface area contributed by atoms with Gasteiger partial charge in [-0.25, -0.2) is 0 Å². The number of hydrogen-bond acceptors (Lipinski definition) is 4. The summed E-state index contributed by atoms with van der Waals surface area (Å²) in [6.07, 6.45) is -0.189. The van der Waals surface area contributed by atoms with E-state index in [2.05, 4.69) is 0 Å². The standard InChI is InChI=1S/C5H10N2O3/c6-2-3(8)1-4(7)5(9)10/h4H,1-2,6-7H2,(H,9,10). The number of carbonyl (C=O) groups excluding carboxylic acids is 1. The zero-order chi connectivity index (χ0) is 8.15. The van der Waals surface area contributed by atoms with Crippen LogP contribution in [0.2, 0.25) is 0 Å². The normalized spacial score (nSPS) is 12.6. The minimum Gasteiger partial charge on any atom is -0.480 e. The van der Waals surface area contributed by atoms with Gasteiger partial charge in [0.1, 0.15) is 11.8 Å². The van der Waals surface area contributed by atoms with Crippen molar-refractivity contribution in [3.63, 3.8) is 0 Å². The Morgan fingerprint density at radius 1 is 1.50 bits per heavy atom. The Labute approximate surface area is 58.0 Å². The van der Waals surface area contributed by atoms with Gasteiger partial charge in [-0.1, -0.05) is 0 Å². The number of carboxylic acid groups (broad SMARTS) is 1. The van der Waals surface area contributed by atoms with Gasteiger partial charge in [0.15, 0.2) is 0 Å². The molecular formula is C5H10N2O3. The maximum Gasteiger partial charge on any atom is 0.320 e. The number of carboxylic acids is 1. The van der Waals surface area contributed by atoms with Crippen molar-refractivity contribution in [1.29, 1.82) is 0 Å². The van der Waals surface area contributed by atoms with Crippen molar-refractivity contribution >= 4 is 11.8 Å². The molecule has 58 valence electrons. The van der Waals surface area contributed by atoms with Crippen molar-refractivity contribution in [3.8, 4) is 0 Å². The molecule has 0 aliphatic rings. The van der Waals surface area contributed by atoms with Crippen molar-refractivity contribution < 1.29 is 14.7 Å². The Kier molecular flexibility index (Phi) is 3.60. The lowest BCUT2D eigenvalue weighted by Crippen LogP contribution is -2.34. The molecule has 0 saturated carbocycles. The van der Waals surface area contributed by atoms with Crippen LogP contribution < -0.4 is 11.5 Å². The third kappa shape index (κ3) is 3.16. The first-order chi connectivity index (χ1) is 4.57. The van der Waals surface area contributed by atoms with Gasteiger partial charge in [0, 0.05) is 6.42 Å². The highest BCUT2D eigenvalue weighted by molar-refractivity contribution is 5.86. The SMILES string of the molecule is NCC(=O)CC(N)C(=O)O. The summed E-state index contributed by atoms with van der Waals surface area (Å²) in [5.74, 6) is -1.52. The average Bonchev–Trinajstić information content (AvgIpc) is 1.87. The molecule has 0 amide bonds. The van der Waals surface area contributed by atoms with Crippen LogP contribution in [0.25, 0.3) is 0 Å². The van der Waals surface area contributed by atoms with Gasteiger partial charge in [-0.2, -0.15) is 0 Å². The molecule has 0 saturated heterocycles. The molecule has 0 rings (SSSR count). The van der Waals surface area contributed by atoms with Crippen molar-refractivity contribution in [2.75, 3.05) is 6.54 Å². The number of Topliss-reactive ketones (excluding diaryl/α,β-unsaturated/α-hetero) is 1. The smallest absolute Gasteiger partial charge is 0.320 e. The monoisotopic (exact) mass is 146 g/mol. The molecule has 0 spiro atoms. The first kappa shape index (κ1) is 9.06. The molecule has 0 aromatic rings. The maximum atomic E-state index is 10.5. The predicted molar refractivity (Wildman–Crippen MR) is 34.3 cm³/mol. The Balaban J connectivity index is 3.68. The zero-order valence-corrected chi connectivity index (χ0v) is 5.41. The van der Waals surface area contributed by atoms with E-state index < -0.39 is 12.0 Å². The van der Waals surface area contributed by atoms with Crippen LogP contribution in [-0.2, 0) is 9.59 Å². The molecule has 0 aromatic carbocycles. The molecule has 5 nitrogen and oxygen atoms in total. The lowest BCUT2D eigenvalue weighted by atomic mass is 10.1. The van der Waals surface area contributed by atoms with E-state index in [-0.39, 0.29) is 18.7 Å². The second-order valence-electron chi connectivity index (χ2n) is 1.89. The molecule has 5 heteroatoms. The summed E-state index contributed by atoms with van der Waals surface area (Å²) in [7, 11) is 0. The molecule has 1 unspecified atom stereocenters. The molecule has 0 bridgehead atoms. The topological polar surface area (TPSA) is 106 Å². The molecule has 0 heterocycles. The third-order valence-electron chi connectivity index (χ3n) is 0.992. The van der Waals surface area contributed by atoms with Crippen LogP contribution in [0.3, 0.4) is 0 Å². The van der Waals surface area contributed by atoms with Crippen molar-refractivity contribution in [2.45, 2.75) is 12.5 Å². The van der Waals surface area contributed by atoms with Crippen LogP contribution in [0.15, 0.2) is 0 Å². The molecule has 0 aliphatic heterocycles. The molecule has 0 aromatic heterocycles. The van der Waals surface area contributed by atoms with Crippen molar-refractivity contribution in [1.82, 2.24) is 0 Å². The molecule has 1 atom stereocenters. The minimum atomic E-state index is -1.18. The molecule has 0 aliphatic carbocycles. The third-order valence-corrected chi connectivity index (χ3v) is 0.992. The highest BCUT2D eigenvalue weighted by Gasteiger charge is 2.14. The van der Waals surface area contributed by atoms with Gasteiger partial charge in [0.2, 0.25) is 0 Å². The van der Waals surface area contributed by atoms with E-state index in [1.165, 1.54) is 0 Å². The summed E-state index contributed by atoms with van der Waals surface area (Å²) in [5, 5.41) is 8.21. The second kappa shape index (κ2) is 3.97. The van der Waals surface area contributed by atoms with Gasteiger partial charge in [-0.3, -0.25) is 9.59 Å². The van der Waals surface area contributed by atoms with Crippen LogP contribution in [0.4, 0.5) is 0 Å². The highest BCUT2D eigenvalue weighted by Crippen LogP contribution is 1.87. The number of aliphatic carboxylic acids is 1. The van der Waals surface area contributed by atoms with Crippen LogP contribution in [-0.4, -0.2) is 29.4 Å². The number of ketones is 1. The van der Waals surface area contributed by atoms with Crippen LogP contribution in [0.5, 0.6) is 0 Å². The van der Waals surface area contributed by atoms with Gasteiger partial charge in [0.05, 0.1) is 6.54 Å². The van der Waals surface area contributed by atoms with Crippen molar-refractivity contribution in [3.05, 3.63) is 0 Å². The Morgan fingerprint density at radius 3 is 2.30 bits per heavy atom. The summed E-state index contributed by atoms with van der Waals surface area (Å²) in [6, 6.07) is -1.11. The lowest BCUT2D eigenvalue weighted by Gasteiger charge is -2.01. The molecule has 5 N–H and O–H groups in total. The van der Waals surface area contributed by atoms with Crippen LogP contribution in [0.1, 0.15) is 6.42 Å². The minimum absolute atomic E-state index is 0.152. The molecule has 0 fully saturated rings. The molecule has 10 heavy (non-hydrogen) atoms. The van der Waals surface area contributed by atoms with E-state index in [0.29, 0.717) is 0 Å². The van der Waals surface area contributed by atoms with Gasteiger partial charge in [-0.15, -0.1) is 0 Å². The van der Waals surface area contributed by atoms with Gasteiger partial charge >= 0.3 is 5.97 Å². The zero-order valence-electron chi connectivity index (χ0n) is 5.41.